The lowest BCUT2D eigenvalue weighted by Crippen LogP contribution is -2.64. The van der Waals surface area contributed by atoms with Crippen molar-refractivity contribution in [2.75, 3.05) is 4.90 Å². The van der Waals surface area contributed by atoms with E-state index in [1.165, 1.54) is 17.0 Å². The SMILES string of the molecule is CCc1ccc(N2C(=O)c3cc(-c4ccco4)nn3CC2(C)C(=O)NCc2ccc(F)cc2)cc1. The van der Waals surface area contributed by atoms with Gasteiger partial charge >= 0.3 is 0 Å². The Morgan fingerprint density at radius 1 is 1.11 bits per heavy atom. The van der Waals surface area contributed by atoms with Gasteiger partial charge in [-0.2, -0.15) is 5.10 Å². The van der Waals surface area contributed by atoms with Gasteiger partial charge in [-0.05, 0) is 60.9 Å². The van der Waals surface area contributed by atoms with Crippen molar-refractivity contribution >= 4 is 17.5 Å². The Morgan fingerprint density at radius 3 is 2.49 bits per heavy atom. The Balaban J connectivity index is 1.52. The lowest BCUT2D eigenvalue weighted by atomic mass is 9.93. The van der Waals surface area contributed by atoms with Gasteiger partial charge < -0.3 is 9.73 Å². The number of nitrogens with one attached hydrogen (secondary N) is 1. The molecule has 1 aliphatic heterocycles. The molecule has 2 amide bonds. The first-order valence-electron chi connectivity index (χ1n) is 11.5. The molecule has 2 aromatic heterocycles. The Morgan fingerprint density at radius 2 is 1.83 bits per heavy atom. The van der Waals surface area contributed by atoms with Gasteiger partial charge in [0.2, 0.25) is 5.91 Å². The molecule has 2 aromatic carbocycles. The van der Waals surface area contributed by atoms with Gasteiger partial charge in [-0.3, -0.25) is 19.2 Å². The molecular formula is C27H25FN4O3. The van der Waals surface area contributed by atoms with Crippen LogP contribution in [0, 0.1) is 5.82 Å². The molecule has 178 valence electrons. The Kier molecular flexibility index (Phi) is 5.72. The third-order valence-corrected chi connectivity index (χ3v) is 6.39. The molecule has 0 aliphatic carbocycles. The topological polar surface area (TPSA) is 80.4 Å². The molecule has 0 bridgehead atoms. The molecule has 0 fully saturated rings. The summed E-state index contributed by atoms with van der Waals surface area (Å²) in [5.74, 6) is -0.466. The number of hydrogen-bond acceptors (Lipinski definition) is 4. The van der Waals surface area contributed by atoms with Crippen molar-refractivity contribution < 1.29 is 18.4 Å². The zero-order valence-corrected chi connectivity index (χ0v) is 19.5. The van der Waals surface area contributed by atoms with E-state index in [1.807, 2.05) is 24.3 Å². The molecular weight excluding hydrogens is 447 g/mol. The molecule has 0 saturated heterocycles. The number of aromatic nitrogens is 2. The number of halogens is 1. The van der Waals surface area contributed by atoms with Crippen LogP contribution in [0.2, 0.25) is 0 Å². The number of furan rings is 1. The van der Waals surface area contributed by atoms with E-state index < -0.39 is 5.54 Å². The summed E-state index contributed by atoms with van der Waals surface area (Å²) in [5, 5.41) is 7.48. The number of aryl methyl sites for hydroxylation is 1. The maximum atomic E-state index is 13.8. The van der Waals surface area contributed by atoms with Crippen LogP contribution in [0.1, 0.15) is 35.5 Å². The van der Waals surface area contributed by atoms with E-state index in [0.29, 0.717) is 22.8 Å². The van der Waals surface area contributed by atoms with Gasteiger partial charge in [-0.25, -0.2) is 4.39 Å². The summed E-state index contributed by atoms with van der Waals surface area (Å²) in [6.07, 6.45) is 2.41. The first kappa shape index (κ1) is 22.6. The van der Waals surface area contributed by atoms with Crippen LogP contribution in [-0.4, -0.2) is 27.1 Å². The van der Waals surface area contributed by atoms with Crippen molar-refractivity contribution in [3.63, 3.8) is 0 Å². The number of nitrogens with zero attached hydrogens (tertiary/aromatic N) is 3. The van der Waals surface area contributed by atoms with Crippen molar-refractivity contribution in [2.24, 2.45) is 0 Å². The zero-order valence-electron chi connectivity index (χ0n) is 19.5. The van der Waals surface area contributed by atoms with E-state index in [9.17, 15) is 14.0 Å². The summed E-state index contributed by atoms with van der Waals surface area (Å²) in [6.45, 7) is 4.15. The number of amides is 2. The number of anilines is 1. The highest BCUT2D eigenvalue weighted by molar-refractivity contribution is 6.12. The predicted octanol–water partition coefficient (Wildman–Crippen LogP) is 4.58. The number of fused-ring (bicyclic) bond motifs is 1. The van der Waals surface area contributed by atoms with Crippen molar-refractivity contribution in [3.05, 3.63) is 95.6 Å². The minimum absolute atomic E-state index is 0.152. The molecule has 35 heavy (non-hydrogen) atoms. The largest absolute Gasteiger partial charge is 0.463 e. The normalized spacial score (nSPS) is 17.3. The van der Waals surface area contributed by atoms with Crippen LogP contribution < -0.4 is 10.2 Å². The average molecular weight is 473 g/mol. The second-order valence-corrected chi connectivity index (χ2v) is 8.79. The Bertz CT molecular complexity index is 1360. The maximum Gasteiger partial charge on any atom is 0.277 e. The van der Waals surface area contributed by atoms with Gasteiger partial charge in [0.05, 0.1) is 12.8 Å². The average Bonchev–Trinajstić information content (AvgIpc) is 3.54. The zero-order chi connectivity index (χ0) is 24.6. The molecule has 1 aliphatic rings. The summed E-state index contributed by atoms with van der Waals surface area (Å²) in [5.41, 5.74) is 2.15. The van der Waals surface area contributed by atoms with Crippen LogP contribution in [0.3, 0.4) is 0 Å². The molecule has 0 spiro atoms. The number of hydrogen-bond donors (Lipinski definition) is 1. The molecule has 4 aromatic rings. The van der Waals surface area contributed by atoms with Crippen molar-refractivity contribution in [3.8, 4) is 11.5 Å². The van der Waals surface area contributed by atoms with Crippen molar-refractivity contribution in [1.82, 2.24) is 15.1 Å². The van der Waals surface area contributed by atoms with E-state index in [1.54, 1.807) is 48.2 Å². The van der Waals surface area contributed by atoms with E-state index >= 15 is 0 Å². The summed E-state index contributed by atoms with van der Waals surface area (Å²) in [4.78, 5) is 29.0. The van der Waals surface area contributed by atoms with E-state index in [4.69, 9.17) is 4.42 Å². The lowest BCUT2D eigenvalue weighted by molar-refractivity contribution is -0.126. The van der Waals surface area contributed by atoms with Crippen LogP contribution >= 0.6 is 0 Å². The second kappa shape index (κ2) is 8.87. The third kappa shape index (κ3) is 4.12. The van der Waals surface area contributed by atoms with Gasteiger partial charge in [0.15, 0.2) is 5.76 Å². The molecule has 1 unspecified atom stereocenters. The van der Waals surface area contributed by atoms with Crippen LogP contribution in [0.5, 0.6) is 0 Å². The monoisotopic (exact) mass is 472 g/mol. The minimum atomic E-state index is -1.26. The predicted molar refractivity (Wildman–Crippen MR) is 129 cm³/mol. The molecule has 5 rings (SSSR count). The number of carbonyl (C=O) groups is 2. The van der Waals surface area contributed by atoms with Crippen LogP contribution in [0.4, 0.5) is 10.1 Å². The number of benzene rings is 2. The number of carbonyl (C=O) groups excluding carboxylic acids is 2. The van der Waals surface area contributed by atoms with Crippen LogP contribution in [-0.2, 0) is 24.3 Å². The summed E-state index contributed by atoms with van der Waals surface area (Å²) in [7, 11) is 0. The molecule has 0 radical (unpaired) electrons. The fraction of sp³-hybridized carbons (Fsp3) is 0.222. The Hall–Kier alpha value is -4.20. The Labute approximate surface area is 202 Å². The first-order chi connectivity index (χ1) is 16.9. The van der Waals surface area contributed by atoms with Gasteiger partial charge in [0.1, 0.15) is 22.7 Å². The van der Waals surface area contributed by atoms with Crippen molar-refractivity contribution in [1.29, 1.82) is 0 Å². The molecule has 3 heterocycles. The second-order valence-electron chi connectivity index (χ2n) is 8.79. The fourth-order valence-corrected chi connectivity index (χ4v) is 4.39. The fourth-order valence-electron chi connectivity index (χ4n) is 4.39. The van der Waals surface area contributed by atoms with Crippen molar-refractivity contribution in [2.45, 2.75) is 38.9 Å². The third-order valence-electron chi connectivity index (χ3n) is 6.39. The molecule has 7 nitrogen and oxygen atoms in total. The molecule has 0 saturated carbocycles. The van der Waals surface area contributed by atoms with Crippen LogP contribution in [0.25, 0.3) is 11.5 Å². The van der Waals surface area contributed by atoms with E-state index in [2.05, 4.69) is 17.3 Å². The smallest absolute Gasteiger partial charge is 0.277 e. The summed E-state index contributed by atoms with van der Waals surface area (Å²) in [6, 6.07) is 18.8. The highest BCUT2D eigenvalue weighted by atomic mass is 19.1. The van der Waals surface area contributed by atoms with Gasteiger partial charge in [-0.15, -0.1) is 0 Å². The standard InChI is InChI=1S/C27H25FN4O3/c1-3-18-8-12-21(13-9-18)32-25(33)23-15-22(24-5-4-14-35-24)30-31(23)17-27(32,2)26(34)29-16-19-6-10-20(28)11-7-19/h4-15H,3,16-17H2,1-2H3,(H,29,34). The van der Waals surface area contributed by atoms with E-state index in [0.717, 1.165) is 17.5 Å². The highest BCUT2D eigenvalue weighted by Gasteiger charge is 2.49. The summed E-state index contributed by atoms with van der Waals surface area (Å²) < 4.78 is 20.3. The quantitative estimate of drug-likeness (QED) is 0.446. The maximum absolute atomic E-state index is 13.8. The first-order valence-corrected chi connectivity index (χ1v) is 11.5. The van der Waals surface area contributed by atoms with Crippen LogP contribution in [0.15, 0.2) is 77.4 Å². The lowest BCUT2D eigenvalue weighted by Gasteiger charge is -2.43. The molecule has 1 N–H and O–H groups in total. The van der Waals surface area contributed by atoms with Gasteiger partial charge in [0.25, 0.3) is 5.91 Å². The highest BCUT2D eigenvalue weighted by Crippen LogP contribution is 2.34. The number of rotatable bonds is 6. The molecule has 1 atom stereocenters. The molecule has 8 heteroatoms. The summed E-state index contributed by atoms with van der Waals surface area (Å²) >= 11 is 0. The van der Waals surface area contributed by atoms with Gasteiger partial charge in [-0.1, -0.05) is 31.2 Å². The van der Waals surface area contributed by atoms with Gasteiger partial charge in [0, 0.05) is 18.3 Å². The van der Waals surface area contributed by atoms with E-state index in [-0.39, 0.29) is 30.7 Å². The minimum Gasteiger partial charge on any atom is -0.463 e.